The van der Waals surface area contributed by atoms with Gasteiger partial charge in [0.2, 0.25) is 5.91 Å². The molecular formula is C15H20N2O4. The maximum Gasteiger partial charge on any atom is 0.306 e. The number of nitrogens with zero attached hydrogens (tertiary/aromatic N) is 1. The van der Waals surface area contributed by atoms with E-state index < -0.39 is 5.97 Å². The van der Waals surface area contributed by atoms with Gasteiger partial charge in [0.15, 0.2) is 0 Å². The number of pyridine rings is 1. The van der Waals surface area contributed by atoms with Crippen LogP contribution in [0, 0.1) is 18.8 Å². The quantitative estimate of drug-likeness (QED) is 0.884. The van der Waals surface area contributed by atoms with Gasteiger partial charge in [-0.25, -0.2) is 0 Å². The SMILES string of the molecule is Cc1ccn(C)c(=O)c1NC(=O)C1CCC(C(=O)O)CC1. The zero-order valence-electron chi connectivity index (χ0n) is 12.3. The fourth-order valence-electron chi connectivity index (χ4n) is 2.70. The van der Waals surface area contributed by atoms with E-state index in [1.807, 2.05) is 0 Å². The average molecular weight is 292 g/mol. The predicted octanol–water partition coefficient (Wildman–Crippen LogP) is 1.52. The van der Waals surface area contributed by atoms with Crippen molar-refractivity contribution in [2.45, 2.75) is 32.6 Å². The van der Waals surface area contributed by atoms with E-state index in [9.17, 15) is 14.4 Å². The summed E-state index contributed by atoms with van der Waals surface area (Å²) in [6.07, 6.45) is 3.79. The van der Waals surface area contributed by atoms with Crippen LogP contribution in [0.2, 0.25) is 0 Å². The van der Waals surface area contributed by atoms with E-state index in [0.717, 1.165) is 5.56 Å². The van der Waals surface area contributed by atoms with Gasteiger partial charge in [-0.3, -0.25) is 14.4 Å². The third kappa shape index (κ3) is 3.32. The monoisotopic (exact) mass is 292 g/mol. The van der Waals surface area contributed by atoms with Crippen LogP contribution >= 0.6 is 0 Å². The third-order valence-electron chi connectivity index (χ3n) is 4.17. The molecule has 1 fully saturated rings. The molecule has 0 atom stereocenters. The number of hydrogen-bond donors (Lipinski definition) is 2. The summed E-state index contributed by atoms with van der Waals surface area (Å²) in [5.41, 5.74) is 0.804. The Kier molecular flexibility index (Phi) is 4.45. The molecule has 1 aliphatic carbocycles. The van der Waals surface area contributed by atoms with Gasteiger partial charge in [0.05, 0.1) is 5.92 Å². The Morgan fingerprint density at radius 3 is 2.38 bits per heavy atom. The molecule has 6 heteroatoms. The first-order valence-corrected chi connectivity index (χ1v) is 7.10. The van der Waals surface area contributed by atoms with Crippen molar-refractivity contribution in [2.75, 3.05) is 5.32 Å². The number of carboxylic acids is 1. The number of aliphatic carboxylic acids is 1. The minimum Gasteiger partial charge on any atom is -0.481 e. The maximum atomic E-state index is 12.3. The zero-order valence-corrected chi connectivity index (χ0v) is 12.3. The smallest absolute Gasteiger partial charge is 0.306 e. The molecule has 114 valence electrons. The van der Waals surface area contributed by atoms with E-state index in [2.05, 4.69) is 5.32 Å². The zero-order chi connectivity index (χ0) is 15.6. The van der Waals surface area contributed by atoms with Gasteiger partial charge in [-0.15, -0.1) is 0 Å². The van der Waals surface area contributed by atoms with Gasteiger partial charge in [-0.05, 0) is 44.2 Å². The molecule has 1 saturated carbocycles. The van der Waals surface area contributed by atoms with Crippen LogP contribution in [0.5, 0.6) is 0 Å². The molecule has 1 aromatic rings. The highest BCUT2D eigenvalue weighted by Crippen LogP contribution is 2.29. The Hall–Kier alpha value is -2.11. The van der Waals surface area contributed by atoms with Crippen molar-refractivity contribution in [2.24, 2.45) is 18.9 Å². The third-order valence-corrected chi connectivity index (χ3v) is 4.17. The summed E-state index contributed by atoms with van der Waals surface area (Å²) in [6, 6.07) is 1.78. The number of aryl methyl sites for hydroxylation is 2. The van der Waals surface area contributed by atoms with Crippen molar-refractivity contribution >= 4 is 17.6 Å². The van der Waals surface area contributed by atoms with Crippen molar-refractivity contribution in [3.05, 3.63) is 28.2 Å². The van der Waals surface area contributed by atoms with Crippen LogP contribution < -0.4 is 10.9 Å². The average Bonchev–Trinajstić information content (AvgIpc) is 2.47. The van der Waals surface area contributed by atoms with E-state index in [0.29, 0.717) is 31.4 Å². The summed E-state index contributed by atoms with van der Waals surface area (Å²) in [6.45, 7) is 1.78. The fraction of sp³-hybridized carbons (Fsp3) is 0.533. The summed E-state index contributed by atoms with van der Waals surface area (Å²) >= 11 is 0. The molecule has 2 N–H and O–H groups in total. The molecule has 1 amide bonds. The van der Waals surface area contributed by atoms with Crippen molar-refractivity contribution < 1.29 is 14.7 Å². The molecule has 0 unspecified atom stereocenters. The van der Waals surface area contributed by atoms with E-state index in [1.54, 1.807) is 26.2 Å². The predicted molar refractivity (Wildman–Crippen MR) is 78.1 cm³/mol. The molecule has 0 spiro atoms. The van der Waals surface area contributed by atoms with Crippen LogP contribution in [0.4, 0.5) is 5.69 Å². The number of hydrogen-bond acceptors (Lipinski definition) is 3. The Bertz CT molecular complexity index is 613. The van der Waals surface area contributed by atoms with Crippen LogP contribution in [0.15, 0.2) is 17.1 Å². The fourth-order valence-corrected chi connectivity index (χ4v) is 2.70. The number of carbonyl (C=O) groups is 2. The lowest BCUT2D eigenvalue weighted by Gasteiger charge is -2.25. The summed E-state index contributed by atoms with van der Waals surface area (Å²) < 4.78 is 1.42. The minimum absolute atomic E-state index is 0.190. The molecule has 0 saturated heterocycles. The van der Waals surface area contributed by atoms with Crippen LogP contribution in [-0.4, -0.2) is 21.6 Å². The standard InChI is InChI=1S/C15H20N2O4/c1-9-7-8-17(2)14(19)12(9)16-13(18)10-3-5-11(6-4-10)15(20)21/h7-8,10-11H,3-6H2,1-2H3,(H,16,18)(H,20,21). The molecule has 1 aromatic heterocycles. The topological polar surface area (TPSA) is 88.4 Å². The number of carboxylic acid groups (broad SMARTS) is 1. The highest BCUT2D eigenvalue weighted by molar-refractivity contribution is 5.93. The molecule has 1 heterocycles. The van der Waals surface area contributed by atoms with Crippen molar-refractivity contribution in [3.63, 3.8) is 0 Å². The van der Waals surface area contributed by atoms with E-state index in [-0.39, 0.29) is 23.3 Å². The summed E-state index contributed by atoms with van der Waals surface area (Å²) in [5, 5.41) is 11.7. The number of carbonyl (C=O) groups excluding carboxylic acids is 1. The van der Waals surface area contributed by atoms with Gasteiger partial charge in [0.1, 0.15) is 5.69 Å². The number of amides is 1. The molecule has 0 bridgehead atoms. The van der Waals surface area contributed by atoms with Gasteiger partial charge in [-0.1, -0.05) is 0 Å². The Labute approximate surface area is 122 Å². The first kappa shape index (κ1) is 15.3. The van der Waals surface area contributed by atoms with Gasteiger partial charge in [-0.2, -0.15) is 0 Å². The van der Waals surface area contributed by atoms with Gasteiger partial charge < -0.3 is 15.0 Å². The largest absolute Gasteiger partial charge is 0.481 e. The Morgan fingerprint density at radius 2 is 1.81 bits per heavy atom. The van der Waals surface area contributed by atoms with Crippen LogP contribution in [0.1, 0.15) is 31.2 Å². The van der Waals surface area contributed by atoms with Crippen molar-refractivity contribution in [1.29, 1.82) is 0 Å². The van der Waals surface area contributed by atoms with Crippen molar-refractivity contribution in [1.82, 2.24) is 4.57 Å². The molecule has 0 aliphatic heterocycles. The number of nitrogens with one attached hydrogen (secondary N) is 1. The van der Waals surface area contributed by atoms with E-state index in [4.69, 9.17) is 5.11 Å². The second kappa shape index (κ2) is 6.11. The molecule has 6 nitrogen and oxygen atoms in total. The maximum absolute atomic E-state index is 12.3. The summed E-state index contributed by atoms with van der Waals surface area (Å²) in [4.78, 5) is 35.2. The normalized spacial score (nSPS) is 21.8. The summed E-state index contributed by atoms with van der Waals surface area (Å²) in [5.74, 6) is -1.54. The lowest BCUT2D eigenvalue weighted by atomic mass is 9.81. The molecule has 21 heavy (non-hydrogen) atoms. The van der Waals surface area contributed by atoms with Crippen molar-refractivity contribution in [3.8, 4) is 0 Å². The first-order chi connectivity index (χ1) is 9.90. The van der Waals surface area contributed by atoms with Gasteiger partial charge in [0, 0.05) is 19.2 Å². The van der Waals surface area contributed by atoms with Crippen LogP contribution in [0.25, 0.3) is 0 Å². The highest BCUT2D eigenvalue weighted by Gasteiger charge is 2.30. The lowest BCUT2D eigenvalue weighted by molar-refractivity contribution is -0.143. The number of anilines is 1. The number of aromatic nitrogens is 1. The van der Waals surface area contributed by atoms with Crippen LogP contribution in [-0.2, 0) is 16.6 Å². The second-order valence-corrected chi connectivity index (χ2v) is 5.67. The second-order valence-electron chi connectivity index (χ2n) is 5.67. The lowest BCUT2D eigenvalue weighted by Crippen LogP contribution is -2.32. The summed E-state index contributed by atoms with van der Waals surface area (Å²) in [7, 11) is 1.63. The molecular weight excluding hydrogens is 272 g/mol. The van der Waals surface area contributed by atoms with Gasteiger partial charge in [0.25, 0.3) is 5.56 Å². The van der Waals surface area contributed by atoms with E-state index in [1.165, 1.54) is 4.57 Å². The minimum atomic E-state index is -0.790. The van der Waals surface area contributed by atoms with Gasteiger partial charge >= 0.3 is 5.97 Å². The molecule has 2 rings (SSSR count). The first-order valence-electron chi connectivity index (χ1n) is 7.10. The molecule has 1 aliphatic rings. The van der Waals surface area contributed by atoms with Crippen LogP contribution in [0.3, 0.4) is 0 Å². The van der Waals surface area contributed by atoms with E-state index >= 15 is 0 Å². The number of rotatable bonds is 3. The Morgan fingerprint density at radius 1 is 1.24 bits per heavy atom. The molecule has 0 aromatic carbocycles. The Balaban J connectivity index is 2.05. The highest BCUT2D eigenvalue weighted by atomic mass is 16.4. The molecule has 0 radical (unpaired) electrons.